The molecule has 4 heterocycles. The molecule has 0 radical (unpaired) electrons. The predicted octanol–water partition coefficient (Wildman–Crippen LogP) is 4.36. The molecule has 0 saturated carbocycles. The second-order valence-electron chi connectivity index (χ2n) is 9.75. The van der Waals surface area contributed by atoms with Crippen LogP contribution >= 0.6 is 0 Å². The molecule has 1 fully saturated rings. The molecule has 9 heteroatoms. The minimum absolute atomic E-state index is 0.154. The molecule has 1 N–H and O–H groups in total. The SMILES string of the molecule is CCc1ncc(CN2CC(c3ccc(-c4ccc(-c5cc(OC)c6nn(C)cc6c5)cc4O)nn3)C2)cn1. The van der Waals surface area contributed by atoms with Crippen LogP contribution in [-0.4, -0.2) is 60.2 Å². The lowest BCUT2D eigenvalue weighted by atomic mass is 9.95. The van der Waals surface area contributed by atoms with Gasteiger partial charge in [-0.15, -0.1) is 0 Å². The van der Waals surface area contributed by atoms with Crippen molar-refractivity contribution in [2.75, 3.05) is 20.2 Å². The van der Waals surface area contributed by atoms with Crippen molar-refractivity contribution < 1.29 is 9.84 Å². The molecule has 0 unspecified atom stereocenters. The maximum absolute atomic E-state index is 10.9. The lowest BCUT2D eigenvalue weighted by molar-refractivity contribution is 0.136. The van der Waals surface area contributed by atoms with Gasteiger partial charge in [0.1, 0.15) is 22.8 Å². The number of phenolic OH excluding ortho intramolecular Hbond substituents is 1. The van der Waals surface area contributed by atoms with Crippen molar-refractivity contribution in [1.29, 1.82) is 0 Å². The fourth-order valence-corrected chi connectivity index (χ4v) is 4.97. The van der Waals surface area contributed by atoms with Crippen LogP contribution in [0.3, 0.4) is 0 Å². The Morgan fingerprint density at radius 2 is 1.82 bits per heavy atom. The number of hydrogen-bond donors (Lipinski definition) is 1. The highest BCUT2D eigenvalue weighted by molar-refractivity contribution is 5.90. The molecule has 1 aliphatic rings. The van der Waals surface area contributed by atoms with Crippen LogP contribution in [0.2, 0.25) is 0 Å². The Balaban J connectivity index is 1.14. The van der Waals surface area contributed by atoms with Gasteiger partial charge in [-0.25, -0.2) is 9.97 Å². The molecule has 1 saturated heterocycles. The molecule has 0 aliphatic carbocycles. The maximum atomic E-state index is 10.9. The van der Waals surface area contributed by atoms with Crippen LogP contribution in [-0.2, 0) is 20.0 Å². The first-order valence-electron chi connectivity index (χ1n) is 12.7. The van der Waals surface area contributed by atoms with Gasteiger partial charge in [0.25, 0.3) is 0 Å². The van der Waals surface area contributed by atoms with Crippen LogP contribution in [0.4, 0.5) is 0 Å². The third-order valence-electron chi connectivity index (χ3n) is 7.06. The number of benzene rings is 2. The molecule has 0 amide bonds. The minimum atomic E-state index is 0.154. The first-order valence-corrected chi connectivity index (χ1v) is 12.7. The molecule has 9 nitrogen and oxygen atoms in total. The van der Waals surface area contributed by atoms with Gasteiger partial charge in [0.15, 0.2) is 0 Å². The van der Waals surface area contributed by atoms with Gasteiger partial charge in [0, 0.05) is 74.1 Å². The van der Waals surface area contributed by atoms with Crippen molar-refractivity contribution in [2.24, 2.45) is 7.05 Å². The Morgan fingerprint density at radius 3 is 2.50 bits per heavy atom. The van der Waals surface area contributed by atoms with E-state index in [-0.39, 0.29) is 5.75 Å². The minimum Gasteiger partial charge on any atom is -0.507 e. The average Bonchev–Trinajstić information content (AvgIpc) is 3.30. The average molecular weight is 508 g/mol. The van der Waals surface area contributed by atoms with Gasteiger partial charge >= 0.3 is 0 Å². The lowest BCUT2D eigenvalue weighted by Gasteiger charge is -2.38. The number of hydrogen-bond acceptors (Lipinski definition) is 8. The first-order chi connectivity index (χ1) is 18.5. The highest BCUT2D eigenvalue weighted by Gasteiger charge is 2.29. The van der Waals surface area contributed by atoms with E-state index < -0.39 is 0 Å². The number of aromatic nitrogens is 6. The normalized spacial score (nSPS) is 14.1. The quantitative estimate of drug-likeness (QED) is 0.347. The molecule has 2 aromatic carbocycles. The van der Waals surface area contributed by atoms with Crippen LogP contribution in [0.1, 0.15) is 29.9 Å². The number of rotatable bonds is 7. The van der Waals surface area contributed by atoms with Crippen molar-refractivity contribution >= 4 is 10.9 Å². The van der Waals surface area contributed by atoms with E-state index in [9.17, 15) is 5.11 Å². The van der Waals surface area contributed by atoms with E-state index in [1.54, 1.807) is 17.9 Å². The van der Waals surface area contributed by atoms with Crippen LogP contribution < -0.4 is 4.74 Å². The zero-order valence-electron chi connectivity index (χ0n) is 21.7. The summed E-state index contributed by atoms with van der Waals surface area (Å²) in [5.41, 5.74) is 6.01. The summed E-state index contributed by atoms with van der Waals surface area (Å²) in [6.07, 6.45) is 6.63. The molecule has 6 rings (SSSR count). The number of fused-ring (bicyclic) bond motifs is 1. The zero-order chi connectivity index (χ0) is 26.2. The highest BCUT2D eigenvalue weighted by Crippen LogP contribution is 2.36. The van der Waals surface area contributed by atoms with Crippen molar-refractivity contribution in [3.05, 3.63) is 78.1 Å². The molecule has 0 bridgehead atoms. The Bertz CT molecular complexity index is 1590. The van der Waals surface area contributed by atoms with E-state index in [2.05, 4.69) is 37.1 Å². The van der Waals surface area contributed by atoms with E-state index in [4.69, 9.17) is 4.74 Å². The molecular weight excluding hydrogens is 478 g/mol. The molecule has 5 aromatic rings. The van der Waals surface area contributed by atoms with Gasteiger partial charge < -0.3 is 9.84 Å². The van der Waals surface area contributed by atoms with E-state index >= 15 is 0 Å². The fraction of sp³-hybridized carbons (Fsp3) is 0.276. The largest absolute Gasteiger partial charge is 0.507 e. The van der Waals surface area contributed by atoms with Gasteiger partial charge in [-0.2, -0.15) is 15.3 Å². The Hall–Kier alpha value is -4.37. The van der Waals surface area contributed by atoms with Crippen molar-refractivity contribution in [3.63, 3.8) is 0 Å². The standard InChI is InChI=1S/C29H29N7O2/c1-4-28-30-12-18(13-31-28)14-36-16-22(17-36)24-7-8-25(33-32-24)23-6-5-19(10-26(23)37)20-9-21-15-35(2)34-29(21)27(11-20)38-3/h5-13,15,22,37H,4,14,16-17H2,1-3H3. The number of methoxy groups -OCH3 is 1. The molecule has 192 valence electrons. The summed E-state index contributed by atoms with van der Waals surface area (Å²) in [6.45, 7) is 4.74. The second-order valence-corrected chi connectivity index (χ2v) is 9.75. The third kappa shape index (κ3) is 4.56. The highest BCUT2D eigenvalue weighted by atomic mass is 16.5. The van der Waals surface area contributed by atoms with Crippen molar-refractivity contribution in [2.45, 2.75) is 25.8 Å². The van der Waals surface area contributed by atoms with Crippen molar-refractivity contribution in [3.8, 4) is 33.9 Å². The number of phenols is 1. The summed E-state index contributed by atoms with van der Waals surface area (Å²) in [5, 5.41) is 25.2. The first kappa shape index (κ1) is 24.0. The van der Waals surface area contributed by atoms with E-state index in [0.29, 0.717) is 22.9 Å². The van der Waals surface area contributed by atoms with E-state index in [1.807, 2.05) is 62.0 Å². The number of likely N-dealkylation sites (tertiary alicyclic amines) is 1. The molecule has 38 heavy (non-hydrogen) atoms. The van der Waals surface area contributed by atoms with Gasteiger partial charge in [-0.1, -0.05) is 13.0 Å². The Labute approximate surface area is 220 Å². The van der Waals surface area contributed by atoms with Crippen LogP contribution in [0.25, 0.3) is 33.3 Å². The third-order valence-corrected chi connectivity index (χ3v) is 7.06. The van der Waals surface area contributed by atoms with Crippen LogP contribution in [0, 0.1) is 0 Å². The van der Waals surface area contributed by atoms with E-state index in [0.717, 1.165) is 65.2 Å². The summed E-state index contributed by atoms with van der Waals surface area (Å²) >= 11 is 0. The molecule has 3 aromatic heterocycles. The molecule has 1 aliphatic heterocycles. The number of ether oxygens (including phenoxy) is 1. The van der Waals surface area contributed by atoms with Gasteiger partial charge in [0.2, 0.25) is 0 Å². The number of nitrogens with zero attached hydrogens (tertiary/aromatic N) is 7. The topological polar surface area (TPSA) is 102 Å². The van der Waals surface area contributed by atoms with Gasteiger partial charge in [-0.3, -0.25) is 9.58 Å². The smallest absolute Gasteiger partial charge is 0.147 e. The fourth-order valence-electron chi connectivity index (χ4n) is 4.97. The molecule has 0 atom stereocenters. The summed E-state index contributed by atoms with van der Waals surface area (Å²) in [7, 11) is 3.52. The maximum Gasteiger partial charge on any atom is 0.147 e. The monoisotopic (exact) mass is 507 g/mol. The van der Waals surface area contributed by atoms with Crippen molar-refractivity contribution in [1.82, 2.24) is 34.8 Å². The molecule has 0 spiro atoms. The number of aryl methyl sites for hydroxylation is 2. The zero-order valence-corrected chi connectivity index (χ0v) is 21.7. The van der Waals surface area contributed by atoms with Crippen LogP contribution in [0.15, 0.2) is 61.1 Å². The van der Waals surface area contributed by atoms with E-state index in [1.165, 1.54) is 0 Å². The Morgan fingerprint density at radius 1 is 1.00 bits per heavy atom. The summed E-state index contributed by atoms with van der Waals surface area (Å²) in [4.78, 5) is 11.1. The van der Waals surface area contributed by atoms with Gasteiger partial charge in [0.05, 0.1) is 18.5 Å². The summed E-state index contributed by atoms with van der Waals surface area (Å²) in [5.74, 6) is 2.07. The predicted molar refractivity (Wildman–Crippen MR) is 145 cm³/mol. The lowest BCUT2D eigenvalue weighted by Crippen LogP contribution is -2.44. The molecular formula is C29H29N7O2. The second kappa shape index (κ2) is 9.83. The summed E-state index contributed by atoms with van der Waals surface area (Å²) in [6, 6.07) is 13.5. The Kier molecular flexibility index (Phi) is 6.21. The van der Waals surface area contributed by atoms with Gasteiger partial charge in [-0.05, 0) is 47.5 Å². The van der Waals surface area contributed by atoms with Crippen LogP contribution in [0.5, 0.6) is 11.5 Å². The summed E-state index contributed by atoms with van der Waals surface area (Å²) < 4.78 is 7.32. The number of aromatic hydroxyl groups is 1.